The Labute approximate surface area is 247 Å². The zero-order valence-electron chi connectivity index (χ0n) is 22.0. The fourth-order valence-corrected chi connectivity index (χ4v) is 5.43. The number of ether oxygens (including phenoxy) is 5. The minimum absolute atomic E-state index is 0. The third-order valence-corrected chi connectivity index (χ3v) is 7.00. The first-order chi connectivity index (χ1) is 18.4. The molecule has 2 atom stereocenters. The number of rotatable bonds is 10. The summed E-state index contributed by atoms with van der Waals surface area (Å²) in [6.07, 6.45) is 0.988. The van der Waals surface area contributed by atoms with Gasteiger partial charge in [-0.25, -0.2) is 4.79 Å². The van der Waals surface area contributed by atoms with E-state index in [1.54, 1.807) is 36.4 Å². The zero-order chi connectivity index (χ0) is 26.9. The second-order valence-corrected chi connectivity index (χ2v) is 9.16. The molecule has 0 spiro atoms. The molecule has 3 aromatic carbocycles. The van der Waals surface area contributed by atoms with Crippen LogP contribution in [0.4, 0.5) is 0 Å². The first-order valence-electron chi connectivity index (χ1n) is 12.3. The quantitative estimate of drug-likeness (QED) is 0.351. The van der Waals surface area contributed by atoms with Gasteiger partial charge in [-0.2, -0.15) is 0 Å². The average molecular weight is 543 g/mol. The predicted octanol–water partition coefficient (Wildman–Crippen LogP) is -0.0633. The standard InChI is InChI=1S/C29H28O9.Na/c1-3-10-35-20-6-4-17-11-23(28(32)33)29(22(17)13-20,18-5-9-24-26(12-18)38-16-37-24)21-8-7-19(34-2)14-25(21)36-15-27(30)31;/h4-9,12-14,23H,3,10-11,15-16H2,1-2H3,(H,30,31)(H,32,33);/q;+1/p-1/t23-,29-;/m0./s1. The summed E-state index contributed by atoms with van der Waals surface area (Å²) in [4.78, 5) is 24.3. The van der Waals surface area contributed by atoms with Gasteiger partial charge in [-0.1, -0.05) is 25.1 Å². The number of hydrogen-bond donors (Lipinski definition) is 1. The Balaban J connectivity index is 0.00000353. The normalized spacial score (nSPS) is 18.6. The SMILES string of the molecule is CCCOc1ccc2c(c1)[C@](c1ccc3c(c1)OCO3)(c1ccc(OC)cc1OCC(=O)O)[C@H](C(=O)[O-])C2.[Na+]. The summed E-state index contributed by atoms with van der Waals surface area (Å²) in [5.74, 6) is -1.25. The molecular weight excluding hydrogens is 515 g/mol. The molecule has 3 aromatic rings. The Morgan fingerprint density at radius 1 is 1.00 bits per heavy atom. The number of benzene rings is 3. The van der Waals surface area contributed by atoms with E-state index in [1.807, 2.05) is 25.1 Å². The molecule has 1 heterocycles. The fraction of sp³-hybridized carbons (Fsp3) is 0.310. The molecular formula is C29H27NaO9. The molecule has 1 aliphatic carbocycles. The fourth-order valence-electron chi connectivity index (χ4n) is 5.43. The minimum atomic E-state index is -1.33. The van der Waals surface area contributed by atoms with Crippen LogP contribution >= 0.6 is 0 Å². The van der Waals surface area contributed by atoms with Crippen molar-refractivity contribution in [2.75, 3.05) is 27.1 Å². The summed E-state index contributed by atoms with van der Waals surface area (Å²) in [5, 5.41) is 22.2. The van der Waals surface area contributed by atoms with E-state index >= 15 is 0 Å². The van der Waals surface area contributed by atoms with Crippen molar-refractivity contribution in [2.24, 2.45) is 5.92 Å². The van der Waals surface area contributed by atoms with E-state index in [1.165, 1.54) is 7.11 Å². The van der Waals surface area contributed by atoms with Gasteiger partial charge in [0.1, 0.15) is 17.2 Å². The first-order valence-corrected chi connectivity index (χ1v) is 12.3. The Bertz CT molecular complexity index is 1390. The monoisotopic (exact) mass is 542 g/mol. The van der Waals surface area contributed by atoms with E-state index in [0.717, 1.165) is 12.0 Å². The summed E-state index contributed by atoms with van der Waals surface area (Å²) in [6.45, 7) is 1.92. The van der Waals surface area contributed by atoms with Crippen molar-refractivity contribution in [3.63, 3.8) is 0 Å². The van der Waals surface area contributed by atoms with Gasteiger partial charge in [-0.3, -0.25) is 0 Å². The molecule has 1 N–H and O–H groups in total. The van der Waals surface area contributed by atoms with Crippen molar-refractivity contribution in [2.45, 2.75) is 25.2 Å². The molecule has 198 valence electrons. The smallest absolute Gasteiger partial charge is 0.550 e. The number of methoxy groups -OCH3 is 1. The molecule has 2 aliphatic rings. The molecule has 5 rings (SSSR count). The van der Waals surface area contributed by atoms with Crippen molar-refractivity contribution < 1.29 is 73.0 Å². The number of hydrogen-bond acceptors (Lipinski definition) is 8. The number of carboxylic acids is 2. The molecule has 0 amide bonds. The largest absolute Gasteiger partial charge is 1.00 e. The van der Waals surface area contributed by atoms with Gasteiger partial charge in [0, 0.05) is 23.5 Å². The van der Waals surface area contributed by atoms with Crippen LogP contribution in [0.25, 0.3) is 0 Å². The topological polar surface area (TPSA) is 124 Å². The maximum absolute atomic E-state index is 12.9. The van der Waals surface area contributed by atoms with Crippen LogP contribution in [-0.2, 0) is 21.4 Å². The molecule has 1 aliphatic heterocycles. The molecule has 0 aromatic heterocycles. The molecule has 0 fully saturated rings. The molecule has 0 unspecified atom stereocenters. The molecule has 0 radical (unpaired) electrons. The van der Waals surface area contributed by atoms with Crippen LogP contribution in [-0.4, -0.2) is 44.2 Å². The van der Waals surface area contributed by atoms with Crippen LogP contribution in [0.2, 0.25) is 0 Å². The van der Waals surface area contributed by atoms with E-state index in [4.69, 9.17) is 23.7 Å². The van der Waals surface area contributed by atoms with Crippen molar-refractivity contribution in [3.8, 4) is 28.7 Å². The summed E-state index contributed by atoms with van der Waals surface area (Å²) in [7, 11) is 1.48. The Kier molecular flexibility index (Phi) is 8.64. The van der Waals surface area contributed by atoms with E-state index in [0.29, 0.717) is 46.3 Å². The second kappa shape index (κ2) is 11.8. The number of carbonyl (C=O) groups excluding carboxylic acids is 1. The van der Waals surface area contributed by atoms with Gasteiger partial charge in [0.25, 0.3) is 0 Å². The van der Waals surface area contributed by atoms with Crippen molar-refractivity contribution in [1.82, 2.24) is 0 Å². The van der Waals surface area contributed by atoms with Gasteiger partial charge in [0.05, 0.1) is 19.1 Å². The maximum Gasteiger partial charge on any atom is 1.00 e. The summed E-state index contributed by atoms with van der Waals surface area (Å²) < 4.78 is 28.2. The predicted molar refractivity (Wildman–Crippen MR) is 133 cm³/mol. The summed E-state index contributed by atoms with van der Waals surface area (Å²) in [6, 6.07) is 15.8. The van der Waals surface area contributed by atoms with Crippen LogP contribution in [0.5, 0.6) is 28.7 Å². The van der Waals surface area contributed by atoms with Gasteiger partial charge in [0.15, 0.2) is 18.1 Å². The van der Waals surface area contributed by atoms with Crippen LogP contribution in [0.3, 0.4) is 0 Å². The molecule has 0 bridgehead atoms. The Morgan fingerprint density at radius 2 is 1.77 bits per heavy atom. The van der Waals surface area contributed by atoms with Crippen molar-refractivity contribution in [3.05, 3.63) is 76.9 Å². The molecule has 0 saturated carbocycles. The van der Waals surface area contributed by atoms with E-state index < -0.39 is 29.9 Å². The minimum Gasteiger partial charge on any atom is -0.550 e. The Morgan fingerprint density at radius 3 is 2.49 bits per heavy atom. The Hall–Kier alpha value is -3.40. The van der Waals surface area contributed by atoms with Crippen LogP contribution in [0.1, 0.15) is 35.6 Å². The van der Waals surface area contributed by atoms with Crippen LogP contribution < -0.4 is 58.3 Å². The molecule has 39 heavy (non-hydrogen) atoms. The molecule has 10 heteroatoms. The zero-order valence-corrected chi connectivity index (χ0v) is 24.0. The van der Waals surface area contributed by atoms with Gasteiger partial charge < -0.3 is 38.7 Å². The van der Waals surface area contributed by atoms with Crippen molar-refractivity contribution >= 4 is 11.9 Å². The van der Waals surface area contributed by atoms with E-state index in [2.05, 4.69) is 0 Å². The second-order valence-electron chi connectivity index (χ2n) is 9.16. The van der Waals surface area contributed by atoms with Crippen LogP contribution in [0, 0.1) is 5.92 Å². The maximum atomic E-state index is 12.9. The van der Waals surface area contributed by atoms with Crippen molar-refractivity contribution in [1.29, 1.82) is 0 Å². The summed E-state index contributed by atoms with van der Waals surface area (Å²) >= 11 is 0. The van der Waals surface area contributed by atoms with E-state index in [-0.39, 0.29) is 48.5 Å². The number of carboxylic acid groups (broad SMARTS) is 2. The third-order valence-electron chi connectivity index (χ3n) is 7.00. The van der Waals surface area contributed by atoms with Gasteiger partial charge in [-0.05, 0) is 59.9 Å². The average Bonchev–Trinajstić information content (AvgIpc) is 3.53. The number of aliphatic carboxylic acids is 2. The van der Waals surface area contributed by atoms with Gasteiger partial charge in [-0.15, -0.1) is 0 Å². The first kappa shape index (κ1) is 28.6. The van der Waals surface area contributed by atoms with E-state index in [9.17, 15) is 19.8 Å². The summed E-state index contributed by atoms with van der Waals surface area (Å²) in [5.41, 5.74) is 1.23. The third kappa shape index (κ3) is 5.14. The number of carbonyl (C=O) groups is 2. The molecule has 0 saturated heterocycles. The van der Waals surface area contributed by atoms with Gasteiger partial charge >= 0.3 is 35.5 Å². The van der Waals surface area contributed by atoms with Crippen LogP contribution in [0.15, 0.2) is 54.6 Å². The van der Waals surface area contributed by atoms with Gasteiger partial charge in [0.2, 0.25) is 6.79 Å². The number of fused-ring (bicyclic) bond motifs is 2. The molecule has 9 nitrogen and oxygen atoms in total.